The molecule has 0 fully saturated rings. The fourth-order valence-electron chi connectivity index (χ4n) is 1.91. The quantitative estimate of drug-likeness (QED) is 0.880. The highest BCUT2D eigenvalue weighted by atomic mass is 16.4. The lowest BCUT2D eigenvalue weighted by Gasteiger charge is -2.07. The van der Waals surface area contributed by atoms with Crippen molar-refractivity contribution in [3.63, 3.8) is 0 Å². The molecule has 1 heterocycles. The molecule has 1 aromatic carbocycles. The zero-order valence-corrected chi connectivity index (χ0v) is 11.9. The molecule has 2 aromatic rings. The molecular formula is C16H17NO4. The van der Waals surface area contributed by atoms with Gasteiger partial charge in [-0.1, -0.05) is 13.8 Å². The fourth-order valence-corrected chi connectivity index (χ4v) is 1.91. The Morgan fingerprint density at radius 2 is 1.81 bits per heavy atom. The van der Waals surface area contributed by atoms with E-state index in [4.69, 9.17) is 9.52 Å². The van der Waals surface area contributed by atoms with Gasteiger partial charge in [0.25, 0.3) is 0 Å². The molecular weight excluding hydrogens is 270 g/mol. The van der Waals surface area contributed by atoms with Crippen LogP contribution in [0.3, 0.4) is 0 Å². The predicted octanol–water partition coefficient (Wildman–Crippen LogP) is 3.63. The Bertz CT molecular complexity index is 641. The van der Waals surface area contributed by atoms with Gasteiger partial charge in [-0.25, -0.2) is 4.79 Å². The van der Waals surface area contributed by atoms with Gasteiger partial charge < -0.3 is 14.8 Å². The van der Waals surface area contributed by atoms with E-state index in [1.54, 1.807) is 30.3 Å². The number of carbonyl (C=O) groups excluding carboxylic acids is 1. The maximum Gasteiger partial charge on any atom is 0.371 e. The molecule has 0 atom stereocenters. The van der Waals surface area contributed by atoms with Gasteiger partial charge in [-0.3, -0.25) is 4.79 Å². The molecule has 110 valence electrons. The topological polar surface area (TPSA) is 79.5 Å². The Labute approximate surface area is 122 Å². The van der Waals surface area contributed by atoms with Crippen molar-refractivity contribution in [3.05, 3.63) is 42.2 Å². The highest BCUT2D eigenvalue weighted by Gasteiger charge is 2.10. The van der Waals surface area contributed by atoms with E-state index in [1.807, 2.05) is 13.8 Å². The number of furan rings is 1. The van der Waals surface area contributed by atoms with Crippen molar-refractivity contribution < 1.29 is 19.1 Å². The minimum Gasteiger partial charge on any atom is -0.475 e. The lowest BCUT2D eigenvalue weighted by molar-refractivity contribution is -0.116. The first-order valence-corrected chi connectivity index (χ1v) is 6.69. The molecule has 0 spiro atoms. The summed E-state index contributed by atoms with van der Waals surface area (Å²) in [6, 6.07) is 10.1. The number of aromatic carboxylic acids is 1. The number of nitrogens with one attached hydrogen (secondary N) is 1. The van der Waals surface area contributed by atoms with E-state index in [1.165, 1.54) is 6.07 Å². The van der Waals surface area contributed by atoms with Crippen LogP contribution >= 0.6 is 0 Å². The summed E-state index contributed by atoms with van der Waals surface area (Å²) in [6.07, 6.45) is 0.474. The zero-order chi connectivity index (χ0) is 15.4. The minimum absolute atomic E-state index is 0.0242. The van der Waals surface area contributed by atoms with Crippen LogP contribution in [0, 0.1) is 5.92 Å². The molecule has 0 radical (unpaired) electrons. The van der Waals surface area contributed by atoms with Crippen LogP contribution < -0.4 is 5.32 Å². The van der Waals surface area contributed by atoms with Gasteiger partial charge in [-0.05, 0) is 42.3 Å². The second kappa shape index (κ2) is 6.26. The molecule has 0 aliphatic carbocycles. The van der Waals surface area contributed by atoms with Crippen LogP contribution in [0.25, 0.3) is 11.3 Å². The molecule has 0 aliphatic heterocycles. The number of carbonyl (C=O) groups is 2. The minimum atomic E-state index is -1.10. The van der Waals surface area contributed by atoms with E-state index in [-0.39, 0.29) is 11.7 Å². The van der Waals surface area contributed by atoms with Gasteiger partial charge in [0.2, 0.25) is 11.7 Å². The summed E-state index contributed by atoms with van der Waals surface area (Å²) >= 11 is 0. The number of rotatable bonds is 5. The Balaban J connectivity index is 2.07. The third-order valence-corrected chi connectivity index (χ3v) is 2.86. The number of carboxylic acids is 1. The first-order valence-electron chi connectivity index (χ1n) is 6.69. The van der Waals surface area contributed by atoms with Gasteiger partial charge in [0, 0.05) is 17.7 Å². The second-order valence-corrected chi connectivity index (χ2v) is 5.19. The number of anilines is 1. The van der Waals surface area contributed by atoms with E-state index >= 15 is 0 Å². The first kappa shape index (κ1) is 14.8. The Morgan fingerprint density at radius 1 is 1.14 bits per heavy atom. The van der Waals surface area contributed by atoms with Crippen LogP contribution in [0.2, 0.25) is 0 Å². The molecule has 5 heteroatoms. The molecule has 2 rings (SSSR count). The highest BCUT2D eigenvalue weighted by Crippen LogP contribution is 2.24. The summed E-state index contributed by atoms with van der Waals surface area (Å²) in [5, 5.41) is 11.6. The summed E-state index contributed by atoms with van der Waals surface area (Å²) in [5.74, 6) is -0.434. The summed E-state index contributed by atoms with van der Waals surface area (Å²) in [7, 11) is 0. The second-order valence-electron chi connectivity index (χ2n) is 5.19. The van der Waals surface area contributed by atoms with Gasteiger partial charge in [0.05, 0.1) is 0 Å². The SMILES string of the molecule is CC(C)CC(=O)Nc1ccc(-c2ccc(C(=O)O)o2)cc1. The lowest BCUT2D eigenvalue weighted by atomic mass is 10.1. The van der Waals surface area contributed by atoms with Gasteiger partial charge in [-0.2, -0.15) is 0 Å². The molecule has 0 saturated carbocycles. The van der Waals surface area contributed by atoms with Crippen LogP contribution in [0.1, 0.15) is 30.8 Å². The number of benzene rings is 1. The van der Waals surface area contributed by atoms with Gasteiger partial charge >= 0.3 is 5.97 Å². The van der Waals surface area contributed by atoms with Crippen molar-refractivity contribution in [1.82, 2.24) is 0 Å². The van der Waals surface area contributed by atoms with Crippen LogP contribution in [-0.4, -0.2) is 17.0 Å². The van der Waals surface area contributed by atoms with E-state index in [0.29, 0.717) is 23.8 Å². The zero-order valence-electron chi connectivity index (χ0n) is 11.9. The Kier molecular flexibility index (Phi) is 4.42. The lowest BCUT2D eigenvalue weighted by Crippen LogP contribution is -2.13. The van der Waals surface area contributed by atoms with Gasteiger partial charge in [0.1, 0.15) is 5.76 Å². The molecule has 1 amide bonds. The molecule has 0 aliphatic rings. The number of amides is 1. The maximum absolute atomic E-state index is 11.7. The fraction of sp³-hybridized carbons (Fsp3) is 0.250. The average molecular weight is 287 g/mol. The summed E-state index contributed by atoms with van der Waals surface area (Å²) in [4.78, 5) is 22.4. The normalized spacial score (nSPS) is 10.6. The predicted molar refractivity (Wildman–Crippen MR) is 79.2 cm³/mol. The van der Waals surface area contributed by atoms with E-state index in [0.717, 1.165) is 5.56 Å². The molecule has 0 saturated heterocycles. The molecule has 0 unspecified atom stereocenters. The summed E-state index contributed by atoms with van der Waals surface area (Å²) in [6.45, 7) is 3.97. The standard InChI is InChI=1S/C16H17NO4/c1-10(2)9-15(18)17-12-5-3-11(4-6-12)13-7-8-14(21-13)16(19)20/h3-8,10H,9H2,1-2H3,(H,17,18)(H,19,20). The number of carboxylic acid groups (broad SMARTS) is 1. The summed E-state index contributed by atoms with van der Waals surface area (Å²) < 4.78 is 5.22. The first-order chi connectivity index (χ1) is 9.95. The third-order valence-electron chi connectivity index (χ3n) is 2.86. The van der Waals surface area contributed by atoms with Crippen LogP contribution in [0.4, 0.5) is 5.69 Å². The summed E-state index contributed by atoms with van der Waals surface area (Å²) in [5.41, 5.74) is 1.46. The molecule has 21 heavy (non-hydrogen) atoms. The third kappa shape index (κ3) is 3.95. The highest BCUT2D eigenvalue weighted by molar-refractivity contribution is 5.91. The smallest absolute Gasteiger partial charge is 0.371 e. The van der Waals surface area contributed by atoms with Crippen molar-refractivity contribution in [2.45, 2.75) is 20.3 Å². The average Bonchev–Trinajstić information content (AvgIpc) is 2.88. The van der Waals surface area contributed by atoms with Gasteiger partial charge in [0.15, 0.2) is 0 Å². The van der Waals surface area contributed by atoms with Crippen LogP contribution in [0.5, 0.6) is 0 Å². The monoisotopic (exact) mass is 287 g/mol. The van der Waals surface area contributed by atoms with Crippen LogP contribution in [0.15, 0.2) is 40.8 Å². The van der Waals surface area contributed by atoms with Crippen molar-refractivity contribution in [2.75, 3.05) is 5.32 Å². The largest absolute Gasteiger partial charge is 0.475 e. The van der Waals surface area contributed by atoms with E-state index in [9.17, 15) is 9.59 Å². The van der Waals surface area contributed by atoms with Gasteiger partial charge in [-0.15, -0.1) is 0 Å². The van der Waals surface area contributed by atoms with E-state index < -0.39 is 5.97 Å². The molecule has 1 aromatic heterocycles. The molecule has 5 nitrogen and oxygen atoms in total. The van der Waals surface area contributed by atoms with Crippen LogP contribution in [-0.2, 0) is 4.79 Å². The number of hydrogen-bond donors (Lipinski definition) is 2. The molecule has 2 N–H and O–H groups in total. The number of hydrogen-bond acceptors (Lipinski definition) is 3. The van der Waals surface area contributed by atoms with Crippen molar-refractivity contribution >= 4 is 17.6 Å². The van der Waals surface area contributed by atoms with Crippen molar-refractivity contribution in [3.8, 4) is 11.3 Å². The van der Waals surface area contributed by atoms with E-state index in [2.05, 4.69) is 5.32 Å². The Hall–Kier alpha value is -2.56. The Morgan fingerprint density at radius 3 is 2.33 bits per heavy atom. The maximum atomic E-state index is 11.7. The molecule has 0 bridgehead atoms. The van der Waals surface area contributed by atoms with Crippen molar-refractivity contribution in [2.24, 2.45) is 5.92 Å². The van der Waals surface area contributed by atoms with Crippen molar-refractivity contribution in [1.29, 1.82) is 0 Å².